The number of rotatable bonds is 5. The number of likely N-dealkylation sites (tertiary alicyclic amines) is 1. The average Bonchev–Trinajstić information content (AvgIpc) is 2.91. The van der Waals surface area contributed by atoms with Crippen LogP contribution in [-0.4, -0.2) is 40.8 Å². The first-order valence-electron chi connectivity index (χ1n) is 7.96. The molecule has 5 nitrogen and oxygen atoms in total. The molecule has 1 aromatic rings. The molecule has 1 aliphatic rings. The van der Waals surface area contributed by atoms with Crippen LogP contribution in [0.4, 0.5) is 0 Å². The molecule has 1 N–H and O–H groups in total. The Morgan fingerprint density at radius 1 is 1.41 bits per heavy atom. The lowest BCUT2D eigenvalue weighted by molar-refractivity contribution is -0.132. The number of hydrogen-bond donors (Lipinski definition) is 1. The summed E-state index contributed by atoms with van der Waals surface area (Å²) in [5, 5.41) is 3.07. The Labute approximate surface area is 136 Å². The fraction of sp³-hybridized carbons (Fsp3) is 0.688. The first kappa shape index (κ1) is 16.9. The van der Waals surface area contributed by atoms with Gasteiger partial charge in [-0.2, -0.15) is 0 Å². The summed E-state index contributed by atoms with van der Waals surface area (Å²) in [7, 11) is 0. The minimum atomic E-state index is -0.0374. The van der Waals surface area contributed by atoms with Gasteiger partial charge in [-0.25, -0.2) is 4.98 Å². The van der Waals surface area contributed by atoms with Gasteiger partial charge in [-0.1, -0.05) is 13.8 Å². The number of piperidine rings is 1. The van der Waals surface area contributed by atoms with Crippen LogP contribution < -0.4 is 5.32 Å². The summed E-state index contributed by atoms with van der Waals surface area (Å²) in [6.45, 7) is 7.60. The molecule has 6 heteroatoms. The predicted octanol–water partition coefficient (Wildman–Crippen LogP) is 2.61. The van der Waals surface area contributed by atoms with Crippen LogP contribution in [0.3, 0.4) is 0 Å². The number of aromatic nitrogens is 1. The van der Waals surface area contributed by atoms with Crippen molar-refractivity contribution in [2.45, 2.75) is 52.5 Å². The fourth-order valence-electron chi connectivity index (χ4n) is 2.61. The van der Waals surface area contributed by atoms with Crippen LogP contribution in [-0.2, 0) is 4.79 Å². The second kappa shape index (κ2) is 7.72. The summed E-state index contributed by atoms with van der Waals surface area (Å²) in [5.41, 5.74) is 2.48. The second-order valence-electron chi connectivity index (χ2n) is 6.33. The van der Waals surface area contributed by atoms with Crippen molar-refractivity contribution in [3.8, 4) is 0 Å². The highest BCUT2D eigenvalue weighted by Gasteiger charge is 2.24. The van der Waals surface area contributed by atoms with Gasteiger partial charge in [-0.05, 0) is 32.1 Å². The third-order valence-corrected chi connectivity index (χ3v) is 5.00. The first-order chi connectivity index (χ1) is 10.5. The molecule has 0 aliphatic carbocycles. The van der Waals surface area contributed by atoms with E-state index in [0.29, 0.717) is 17.2 Å². The van der Waals surface area contributed by atoms with E-state index in [-0.39, 0.29) is 17.9 Å². The third kappa shape index (κ3) is 4.53. The number of nitrogens with zero attached hydrogens (tertiary/aromatic N) is 2. The molecular weight excluding hydrogens is 298 g/mol. The Kier molecular flexibility index (Phi) is 5.94. The van der Waals surface area contributed by atoms with Crippen molar-refractivity contribution in [3.63, 3.8) is 0 Å². The number of amides is 2. The number of hydrogen-bond acceptors (Lipinski definition) is 4. The van der Waals surface area contributed by atoms with Crippen LogP contribution >= 0.6 is 11.3 Å². The number of carbonyl (C=O) groups excluding carboxylic acids is 2. The van der Waals surface area contributed by atoms with Crippen LogP contribution in [0.2, 0.25) is 0 Å². The summed E-state index contributed by atoms with van der Waals surface area (Å²) in [5.74, 6) is 0.768. The SMILES string of the molecule is Cc1ncsc1C(=O)NC1CCN(C(=O)CCC(C)C)CC1. The van der Waals surface area contributed by atoms with Crippen LogP contribution in [0.25, 0.3) is 0 Å². The smallest absolute Gasteiger partial charge is 0.263 e. The second-order valence-corrected chi connectivity index (χ2v) is 7.18. The molecule has 0 aromatic carbocycles. The monoisotopic (exact) mass is 323 g/mol. The summed E-state index contributed by atoms with van der Waals surface area (Å²) in [4.78, 5) is 31.0. The molecule has 122 valence electrons. The fourth-order valence-corrected chi connectivity index (χ4v) is 3.32. The highest BCUT2D eigenvalue weighted by atomic mass is 32.1. The Hall–Kier alpha value is -1.43. The number of carbonyl (C=O) groups is 2. The predicted molar refractivity (Wildman–Crippen MR) is 88.0 cm³/mol. The Morgan fingerprint density at radius 2 is 2.09 bits per heavy atom. The van der Waals surface area contributed by atoms with Gasteiger partial charge < -0.3 is 10.2 Å². The zero-order chi connectivity index (χ0) is 16.1. The maximum absolute atomic E-state index is 12.2. The van der Waals surface area contributed by atoms with E-state index in [1.165, 1.54) is 11.3 Å². The molecule has 0 unspecified atom stereocenters. The Bertz CT molecular complexity index is 519. The molecule has 1 fully saturated rings. The topological polar surface area (TPSA) is 62.3 Å². The molecule has 0 bridgehead atoms. The van der Waals surface area contributed by atoms with E-state index in [2.05, 4.69) is 24.1 Å². The summed E-state index contributed by atoms with van der Waals surface area (Å²) in [6.07, 6.45) is 3.24. The standard InChI is InChI=1S/C16H25N3O2S/c1-11(2)4-5-14(20)19-8-6-13(7-9-19)18-16(21)15-12(3)17-10-22-15/h10-11,13H,4-9H2,1-3H3,(H,18,21). The van der Waals surface area contributed by atoms with Crippen molar-refractivity contribution < 1.29 is 9.59 Å². The molecule has 1 aromatic heterocycles. The summed E-state index contributed by atoms with van der Waals surface area (Å²) < 4.78 is 0. The normalized spacial score (nSPS) is 16.1. The number of thiazole rings is 1. The van der Waals surface area contributed by atoms with Gasteiger partial charge in [0.15, 0.2) is 0 Å². The van der Waals surface area contributed by atoms with Gasteiger partial charge in [0.25, 0.3) is 5.91 Å². The minimum absolute atomic E-state index is 0.0374. The zero-order valence-corrected chi connectivity index (χ0v) is 14.4. The van der Waals surface area contributed by atoms with Gasteiger partial charge >= 0.3 is 0 Å². The highest BCUT2D eigenvalue weighted by molar-refractivity contribution is 7.11. The third-order valence-electron chi connectivity index (χ3n) is 4.07. The highest BCUT2D eigenvalue weighted by Crippen LogP contribution is 2.16. The Balaban J connectivity index is 1.76. The molecular formula is C16H25N3O2S. The van der Waals surface area contributed by atoms with E-state index in [4.69, 9.17) is 0 Å². The van der Waals surface area contributed by atoms with Gasteiger partial charge in [0.05, 0.1) is 11.2 Å². The molecule has 0 radical (unpaired) electrons. The van der Waals surface area contributed by atoms with Crippen LogP contribution in [0.15, 0.2) is 5.51 Å². The van der Waals surface area contributed by atoms with Crippen LogP contribution in [0.5, 0.6) is 0 Å². The molecule has 1 saturated heterocycles. The first-order valence-corrected chi connectivity index (χ1v) is 8.84. The molecule has 0 spiro atoms. The van der Waals surface area contributed by atoms with E-state index in [1.807, 2.05) is 11.8 Å². The molecule has 0 atom stereocenters. The van der Waals surface area contributed by atoms with E-state index in [1.54, 1.807) is 5.51 Å². The molecule has 22 heavy (non-hydrogen) atoms. The molecule has 1 aliphatic heterocycles. The number of nitrogens with one attached hydrogen (secondary N) is 1. The van der Waals surface area contributed by atoms with Gasteiger partial charge in [-0.15, -0.1) is 11.3 Å². The number of aryl methyl sites for hydroxylation is 1. The largest absolute Gasteiger partial charge is 0.348 e. The molecule has 0 saturated carbocycles. The molecule has 2 rings (SSSR count). The lowest BCUT2D eigenvalue weighted by atomic mass is 10.0. The maximum atomic E-state index is 12.2. The van der Waals surface area contributed by atoms with Crippen molar-refractivity contribution >= 4 is 23.2 Å². The quantitative estimate of drug-likeness (QED) is 0.906. The van der Waals surface area contributed by atoms with E-state index in [9.17, 15) is 9.59 Å². The van der Waals surface area contributed by atoms with Crippen molar-refractivity contribution in [3.05, 3.63) is 16.1 Å². The summed E-state index contributed by atoms with van der Waals surface area (Å²) in [6, 6.07) is 0.156. The van der Waals surface area contributed by atoms with Gasteiger partial charge in [0.1, 0.15) is 4.88 Å². The van der Waals surface area contributed by atoms with Crippen molar-refractivity contribution in [2.24, 2.45) is 5.92 Å². The zero-order valence-electron chi connectivity index (χ0n) is 13.6. The minimum Gasteiger partial charge on any atom is -0.348 e. The lowest BCUT2D eigenvalue weighted by Gasteiger charge is -2.32. The maximum Gasteiger partial charge on any atom is 0.263 e. The van der Waals surface area contributed by atoms with E-state index in [0.717, 1.165) is 38.0 Å². The van der Waals surface area contributed by atoms with Gasteiger partial charge in [0, 0.05) is 25.6 Å². The van der Waals surface area contributed by atoms with Crippen LogP contribution in [0.1, 0.15) is 54.9 Å². The van der Waals surface area contributed by atoms with E-state index < -0.39 is 0 Å². The Morgan fingerprint density at radius 3 is 2.64 bits per heavy atom. The molecule has 2 heterocycles. The van der Waals surface area contributed by atoms with Crippen LogP contribution in [0, 0.1) is 12.8 Å². The lowest BCUT2D eigenvalue weighted by Crippen LogP contribution is -2.46. The van der Waals surface area contributed by atoms with Crippen molar-refractivity contribution in [1.29, 1.82) is 0 Å². The summed E-state index contributed by atoms with van der Waals surface area (Å²) >= 11 is 1.37. The van der Waals surface area contributed by atoms with Gasteiger partial charge in [-0.3, -0.25) is 9.59 Å². The van der Waals surface area contributed by atoms with Gasteiger partial charge in [0.2, 0.25) is 5.91 Å². The molecule has 2 amide bonds. The van der Waals surface area contributed by atoms with E-state index >= 15 is 0 Å². The van der Waals surface area contributed by atoms with Crippen molar-refractivity contribution in [1.82, 2.24) is 15.2 Å². The average molecular weight is 323 g/mol. The van der Waals surface area contributed by atoms with Crippen molar-refractivity contribution in [2.75, 3.05) is 13.1 Å².